The van der Waals surface area contributed by atoms with Crippen LogP contribution in [0.4, 0.5) is 0 Å². The second-order valence-electron chi connectivity index (χ2n) is 5.18. The first-order chi connectivity index (χ1) is 7.29. The van der Waals surface area contributed by atoms with Crippen molar-refractivity contribution in [2.24, 2.45) is 5.41 Å². The highest BCUT2D eigenvalue weighted by Crippen LogP contribution is 2.44. The number of hydrogen-bond donors (Lipinski definition) is 0. The second-order valence-corrected chi connectivity index (χ2v) is 5.18. The van der Waals surface area contributed by atoms with Crippen LogP contribution in [-0.4, -0.2) is 13.2 Å². The van der Waals surface area contributed by atoms with E-state index >= 15 is 0 Å². The van der Waals surface area contributed by atoms with Gasteiger partial charge >= 0.3 is 0 Å². The molecule has 1 aromatic carbocycles. The Morgan fingerprint density at radius 3 is 2.67 bits per heavy atom. The first-order valence-electron chi connectivity index (χ1n) is 5.94. The van der Waals surface area contributed by atoms with Gasteiger partial charge in [0.25, 0.3) is 0 Å². The number of ether oxygens (including phenoxy) is 1. The lowest BCUT2D eigenvalue weighted by Crippen LogP contribution is -2.30. The van der Waals surface area contributed by atoms with Crippen molar-refractivity contribution in [3.05, 3.63) is 34.9 Å². The Labute approximate surface area is 91.5 Å². The van der Waals surface area contributed by atoms with Crippen molar-refractivity contribution in [3.8, 4) is 0 Å². The molecule has 1 aliphatic carbocycles. The molecule has 0 atom stereocenters. The van der Waals surface area contributed by atoms with Crippen molar-refractivity contribution in [3.63, 3.8) is 0 Å². The van der Waals surface area contributed by atoms with Crippen LogP contribution < -0.4 is 0 Å². The zero-order valence-electron chi connectivity index (χ0n) is 9.38. The Kier molecular flexibility index (Phi) is 2.10. The van der Waals surface area contributed by atoms with Crippen LogP contribution in [0.25, 0.3) is 0 Å². The number of rotatable bonds is 0. The first-order valence-corrected chi connectivity index (χ1v) is 5.94. The lowest BCUT2D eigenvalue weighted by Gasteiger charge is -2.33. The highest BCUT2D eigenvalue weighted by molar-refractivity contribution is 5.40. The van der Waals surface area contributed by atoms with E-state index in [4.69, 9.17) is 4.74 Å². The summed E-state index contributed by atoms with van der Waals surface area (Å²) in [5.41, 5.74) is 5.25. The number of benzene rings is 1. The van der Waals surface area contributed by atoms with Crippen molar-refractivity contribution in [1.29, 1.82) is 0 Å². The zero-order chi connectivity index (χ0) is 10.3. The molecule has 0 amide bonds. The van der Waals surface area contributed by atoms with Crippen LogP contribution in [0.15, 0.2) is 18.2 Å². The van der Waals surface area contributed by atoms with Gasteiger partial charge in [0, 0.05) is 13.2 Å². The van der Waals surface area contributed by atoms with Crippen molar-refractivity contribution in [2.75, 3.05) is 13.2 Å². The molecule has 0 radical (unpaired) electrons. The molecule has 2 aliphatic rings. The average Bonchev–Trinajstić information content (AvgIpc) is 2.59. The molecule has 0 unspecified atom stereocenters. The van der Waals surface area contributed by atoms with E-state index in [1.165, 1.54) is 31.2 Å². The summed E-state index contributed by atoms with van der Waals surface area (Å²) in [5, 5.41) is 0. The van der Waals surface area contributed by atoms with Gasteiger partial charge in [0.2, 0.25) is 0 Å². The molecule has 15 heavy (non-hydrogen) atoms. The molecule has 1 saturated heterocycles. The molecule has 1 nitrogen and oxygen atoms in total. The largest absolute Gasteiger partial charge is 0.381 e. The lowest BCUT2D eigenvalue weighted by atomic mass is 9.77. The third-order valence-electron chi connectivity index (χ3n) is 4.18. The summed E-state index contributed by atoms with van der Waals surface area (Å²) in [6.45, 7) is 4.18. The van der Waals surface area contributed by atoms with E-state index in [9.17, 15) is 0 Å². The number of aryl methyl sites for hydroxylation is 1. The highest BCUT2D eigenvalue weighted by Gasteiger charge is 2.38. The Morgan fingerprint density at radius 1 is 1.13 bits per heavy atom. The molecular formula is C14H18O. The molecule has 1 spiro atoms. The van der Waals surface area contributed by atoms with E-state index in [0.717, 1.165) is 13.2 Å². The van der Waals surface area contributed by atoms with Crippen LogP contribution in [0.3, 0.4) is 0 Å². The van der Waals surface area contributed by atoms with E-state index in [-0.39, 0.29) is 0 Å². The lowest BCUT2D eigenvalue weighted by molar-refractivity contribution is 0.0198. The van der Waals surface area contributed by atoms with Crippen molar-refractivity contribution >= 4 is 0 Å². The molecule has 1 heteroatoms. The molecule has 0 aromatic heterocycles. The van der Waals surface area contributed by atoms with Gasteiger partial charge in [0.15, 0.2) is 0 Å². The minimum atomic E-state index is 0.548. The number of fused-ring (bicyclic) bond motifs is 1. The molecule has 3 rings (SSSR count). The van der Waals surface area contributed by atoms with E-state index in [1.807, 2.05) is 0 Å². The maximum atomic E-state index is 5.49. The molecule has 0 bridgehead atoms. The van der Waals surface area contributed by atoms with Crippen molar-refractivity contribution in [1.82, 2.24) is 0 Å². The predicted octanol–water partition coefficient (Wildman–Crippen LogP) is 2.89. The van der Waals surface area contributed by atoms with Gasteiger partial charge in [-0.1, -0.05) is 18.2 Å². The second kappa shape index (κ2) is 3.34. The van der Waals surface area contributed by atoms with E-state index in [0.29, 0.717) is 5.41 Å². The Bertz CT molecular complexity index is 375. The smallest absolute Gasteiger partial charge is 0.0471 e. The quantitative estimate of drug-likeness (QED) is 0.628. The predicted molar refractivity (Wildman–Crippen MR) is 61.1 cm³/mol. The summed E-state index contributed by atoms with van der Waals surface area (Å²) in [6, 6.07) is 6.76. The van der Waals surface area contributed by atoms with Crippen molar-refractivity contribution < 1.29 is 4.74 Å². The van der Waals surface area contributed by atoms with Crippen LogP contribution in [0.1, 0.15) is 29.5 Å². The maximum Gasteiger partial charge on any atom is 0.0471 e. The molecule has 0 N–H and O–H groups in total. The summed E-state index contributed by atoms with van der Waals surface area (Å²) in [5.74, 6) is 0. The van der Waals surface area contributed by atoms with Gasteiger partial charge in [-0.3, -0.25) is 0 Å². The SMILES string of the molecule is Cc1cccc2c1CC1(CCOCC1)C2. The summed E-state index contributed by atoms with van der Waals surface area (Å²) >= 11 is 0. The summed E-state index contributed by atoms with van der Waals surface area (Å²) in [4.78, 5) is 0. The van der Waals surface area contributed by atoms with Gasteiger partial charge in [-0.15, -0.1) is 0 Å². The fraction of sp³-hybridized carbons (Fsp3) is 0.571. The zero-order valence-corrected chi connectivity index (χ0v) is 9.38. The Hall–Kier alpha value is -0.820. The van der Waals surface area contributed by atoms with Gasteiger partial charge in [-0.25, -0.2) is 0 Å². The standard InChI is InChI=1S/C14H18O/c1-11-3-2-4-12-9-14(10-13(11)12)5-7-15-8-6-14/h2-4H,5-10H2,1H3. The molecule has 1 aromatic rings. The van der Waals surface area contributed by atoms with Crippen LogP contribution in [0.5, 0.6) is 0 Å². The van der Waals surface area contributed by atoms with Gasteiger partial charge in [0.05, 0.1) is 0 Å². The highest BCUT2D eigenvalue weighted by atomic mass is 16.5. The Balaban J connectivity index is 1.94. The fourth-order valence-corrected chi connectivity index (χ4v) is 3.18. The number of hydrogen-bond acceptors (Lipinski definition) is 1. The summed E-state index contributed by atoms with van der Waals surface area (Å²) < 4.78 is 5.49. The minimum Gasteiger partial charge on any atom is -0.381 e. The molecule has 1 fully saturated rings. The van der Waals surface area contributed by atoms with Gasteiger partial charge in [-0.05, 0) is 54.7 Å². The molecule has 80 valence electrons. The third-order valence-corrected chi connectivity index (χ3v) is 4.18. The third kappa shape index (κ3) is 1.50. The molecule has 0 saturated carbocycles. The topological polar surface area (TPSA) is 9.23 Å². The van der Waals surface area contributed by atoms with E-state index in [1.54, 1.807) is 11.1 Å². The Morgan fingerprint density at radius 2 is 1.93 bits per heavy atom. The fourth-order valence-electron chi connectivity index (χ4n) is 3.18. The van der Waals surface area contributed by atoms with Gasteiger partial charge in [-0.2, -0.15) is 0 Å². The van der Waals surface area contributed by atoms with Gasteiger partial charge in [0.1, 0.15) is 0 Å². The maximum absolute atomic E-state index is 5.49. The molecule has 1 heterocycles. The monoisotopic (exact) mass is 202 g/mol. The van der Waals surface area contributed by atoms with E-state index < -0.39 is 0 Å². The summed E-state index contributed by atoms with van der Waals surface area (Å²) in [6.07, 6.45) is 5.08. The molecule has 1 aliphatic heterocycles. The average molecular weight is 202 g/mol. The molecular weight excluding hydrogens is 184 g/mol. The van der Waals surface area contributed by atoms with Gasteiger partial charge < -0.3 is 4.74 Å². The van der Waals surface area contributed by atoms with Crippen molar-refractivity contribution in [2.45, 2.75) is 32.6 Å². The first kappa shape index (κ1) is 9.41. The minimum absolute atomic E-state index is 0.548. The van der Waals surface area contributed by atoms with Crippen LogP contribution in [-0.2, 0) is 17.6 Å². The summed E-state index contributed by atoms with van der Waals surface area (Å²) in [7, 11) is 0. The van der Waals surface area contributed by atoms with Crippen LogP contribution in [0, 0.1) is 12.3 Å². The van der Waals surface area contributed by atoms with Crippen LogP contribution in [0.2, 0.25) is 0 Å². The normalized spacial score (nSPS) is 23.0. The van der Waals surface area contributed by atoms with Crippen LogP contribution >= 0.6 is 0 Å². The van der Waals surface area contributed by atoms with E-state index in [2.05, 4.69) is 25.1 Å².